The van der Waals surface area contributed by atoms with Crippen LogP contribution in [0.15, 0.2) is 27.4 Å². The molecule has 2 fully saturated rings. The third-order valence-corrected chi connectivity index (χ3v) is 7.53. The summed E-state index contributed by atoms with van der Waals surface area (Å²) in [7, 11) is 2.56. The van der Waals surface area contributed by atoms with Gasteiger partial charge in [-0.2, -0.15) is 0 Å². The van der Waals surface area contributed by atoms with Crippen molar-refractivity contribution < 1.29 is 69.3 Å². The van der Waals surface area contributed by atoms with Crippen LogP contribution in [0.1, 0.15) is 23.3 Å². The van der Waals surface area contributed by atoms with Crippen LogP contribution in [0.5, 0.6) is 28.7 Å². The number of methoxy groups -OCH3 is 2. The summed E-state index contributed by atoms with van der Waals surface area (Å²) >= 11 is 0. The zero-order chi connectivity index (χ0) is 30.6. The molecule has 3 aromatic rings. The third-order valence-electron chi connectivity index (χ3n) is 7.53. The van der Waals surface area contributed by atoms with Gasteiger partial charge in [0.1, 0.15) is 71.5 Å². The largest absolute Gasteiger partial charge is 0.507 e. The summed E-state index contributed by atoms with van der Waals surface area (Å²) in [5.41, 5.74) is -2.27. The van der Waals surface area contributed by atoms with Crippen LogP contribution in [0.4, 0.5) is 0 Å². The predicted molar refractivity (Wildman–Crippen MR) is 139 cm³/mol. The molecular formula is C27H30O15. The van der Waals surface area contributed by atoms with Crippen molar-refractivity contribution in [1.82, 2.24) is 0 Å². The normalized spacial score (nSPS) is 29.9. The van der Waals surface area contributed by atoms with Gasteiger partial charge >= 0.3 is 0 Å². The van der Waals surface area contributed by atoms with Gasteiger partial charge < -0.3 is 69.3 Å². The van der Waals surface area contributed by atoms with Gasteiger partial charge in [-0.05, 0) is 12.1 Å². The third kappa shape index (κ3) is 4.69. The van der Waals surface area contributed by atoms with Crippen molar-refractivity contribution in [2.45, 2.75) is 48.8 Å². The van der Waals surface area contributed by atoms with E-state index in [2.05, 4.69) is 0 Å². The van der Waals surface area contributed by atoms with Crippen LogP contribution in [0.2, 0.25) is 0 Å². The standard InChI is InChI=1S/C27H30O15/c1-38-13-3-8(4-14(39-2)20(13)33)12-5-9(28)15-21(34)16(26-23(36)18(31)10(29)6-40-26)22(35)17(25(15)42-12)27-24(37)19(32)11(30)7-41-27/h3-5,10-11,18-19,23-24,26-27,29-37H,6-7H2,1-2H3/t10-,11-,18-,19-,23+,24+,26-,27-/m0/s1. The molecule has 0 aliphatic carbocycles. The molecule has 42 heavy (non-hydrogen) atoms. The topological polar surface area (TPSA) is 249 Å². The molecule has 0 saturated carbocycles. The van der Waals surface area contributed by atoms with Crippen molar-refractivity contribution in [3.8, 4) is 40.1 Å². The molecule has 8 atom stereocenters. The fraction of sp³-hybridized carbons (Fsp3) is 0.444. The highest BCUT2D eigenvalue weighted by atomic mass is 16.5. The van der Waals surface area contributed by atoms with Crippen molar-refractivity contribution in [1.29, 1.82) is 0 Å². The Morgan fingerprint density at radius 3 is 1.69 bits per heavy atom. The molecule has 0 radical (unpaired) electrons. The number of aliphatic hydroxyl groups excluding tert-OH is 6. The number of aromatic hydroxyl groups is 3. The average Bonchev–Trinajstić information content (AvgIpc) is 2.96. The van der Waals surface area contributed by atoms with Crippen molar-refractivity contribution in [3.05, 3.63) is 39.5 Å². The first-order chi connectivity index (χ1) is 19.9. The summed E-state index contributed by atoms with van der Waals surface area (Å²) in [5, 5.41) is 94.4. The number of phenolic OH excluding ortho intramolecular Hbond substituents is 3. The Morgan fingerprint density at radius 1 is 0.690 bits per heavy atom. The van der Waals surface area contributed by atoms with E-state index in [1.807, 2.05) is 0 Å². The number of benzene rings is 2. The van der Waals surface area contributed by atoms with Crippen LogP contribution in [-0.4, -0.2) is 110 Å². The number of fused-ring (bicyclic) bond motifs is 1. The van der Waals surface area contributed by atoms with E-state index in [0.29, 0.717) is 0 Å². The van der Waals surface area contributed by atoms with E-state index in [9.17, 15) is 50.8 Å². The Labute approximate surface area is 236 Å². The molecule has 0 bridgehead atoms. The maximum Gasteiger partial charge on any atom is 0.200 e. The predicted octanol–water partition coefficient (Wildman–Crippen LogP) is -1.10. The molecule has 15 heteroatoms. The Hall–Kier alpha value is -3.67. The average molecular weight is 595 g/mol. The number of ether oxygens (including phenoxy) is 4. The Kier molecular flexibility index (Phi) is 7.95. The van der Waals surface area contributed by atoms with Crippen LogP contribution < -0.4 is 14.9 Å². The molecule has 9 N–H and O–H groups in total. The molecule has 2 aliphatic heterocycles. The Bertz CT molecular complexity index is 1530. The fourth-order valence-electron chi connectivity index (χ4n) is 5.24. The van der Waals surface area contributed by atoms with Gasteiger partial charge in [0.25, 0.3) is 0 Å². The summed E-state index contributed by atoms with van der Waals surface area (Å²) in [4.78, 5) is 13.5. The number of rotatable bonds is 5. The number of aliphatic hydroxyl groups is 6. The molecule has 0 amide bonds. The van der Waals surface area contributed by atoms with Gasteiger partial charge in [-0.3, -0.25) is 4.79 Å². The lowest BCUT2D eigenvalue weighted by atomic mass is 9.87. The molecule has 0 spiro atoms. The summed E-state index contributed by atoms with van der Waals surface area (Å²) in [6.07, 6.45) is -13.6. The maximum absolute atomic E-state index is 13.5. The SMILES string of the molecule is COc1cc(-c2cc(=O)c3c(O)c([C@@H]4OC[C@H](O)[C@H](O)[C@H]4O)c(O)c([C@@H]4OC[C@H](O)[C@H](O)[C@H]4O)c3o2)cc(OC)c1O. The fourth-order valence-corrected chi connectivity index (χ4v) is 5.24. The van der Waals surface area contributed by atoms with Crippen LogP contribution >= 0.6 is 0 Å². The minimum absolute atomic E-state index is 0.0410. The van der Waals surface area contributed by atoms with Crippen LogP contribution in [0, 0.1) is 0 Å². The van der Waals surface area contributed by atoms with E-state index in [1.165, 1.54) is 26.4 Å². The highest BCUT2D eigenvalue weighted by Crippen LogP contribution is 2.50. The summed E-state index contributed by atoms with van der Waals surface area (Å²) < 4.78 is 27.3. The molecular weight excluding hydrogens is 564 g/mol. The Morgan fingerprint density at radius 2 is 1.19 bits per heavy atom. The van der Waals surface area contributed by atoms with Gasteiger partial charge in [0, 0.05) is 11.6 Å². The first kappa shape index (κ1) is 29.8. The second-order valence-corrected chi connectivity index (χ2v) is 10.0. The van der Waals surface area contributed by atoms with E-state index < -0.39 is 101 Å². The number of hydrogen-bond donors (Lipinski definition) is 9. The second kappa shape index (κ2) is 11.2. The zero-order valence-electron chi connectivity index (χ0n) is 22.2. The lowest BCUT2D eigenvalue weighted by molar-refractivity contribution is -0.191. The molecule has 5 rings (SSSR count). The van der Waals surface area contributed by atoms with Crippen LogP contribution in [-0.2, 0) is 9.47 Å². The van der Waals surface area contributed by atoms with Crippen molar-refractivity contribution in [2.75, 3.05) is 27.4 Å². The van der Waals surface area contributed by atoms with E-state index in [1.54, 1.807) is 0 Å². The molecule has 2 aliphatic rings. The minimum Gasteiger partial charge on any atom is -0.507 e. The monoisotopic (exact) mass is 594 g/mol. The Balaban J connectivity index is 1.81. The van der Waals surface area contributed by atoms with Crippen molar-refractivity contribution in [3.63, 3.8) is 0 Å². The quantitative estimate of drug-likeness (QED) is 0.170. The molecule has 1 aromatic heterocycles. The van der Waals surface area contributed by atoms with Crippen molar-refractivity contribution in [2.24, 2.45) is 0 Å². The molecule has 228 valence electrons. The van der Waals surface area contributed by atoms with E-state index in [0.717, 1.165) is 6.07 Å². The van der Waals surface area contributed by atoms with E-state index >= 15 is 0 Å². The van der Waals surface area contributed by atoms with Gasteiger partial charge in [0.2, 0.25) is 5.75 Å². The van der Waals surface area contributed by atoms with E-state index in [-0.39, 0.29) is 28.6 Å². The zero-order valence-corrected chi connectivity index (χ0v) is 22.2. The second-order valence-electron chi connectivity index (χ2n) is 10.0. The molecule has 2 saturated heterocycles. The molecule has 15 nitrogen and oxygen atoms in total. The lowest BCUT2D eigenvalue weighted by Crippen LogP contribution is -2.49. The highest BCUT2D eigenvalue weighted by Gasteiger charge is 2.46. The van der Waals surface area contributed by atoms with Gasteiger partial charge in [0.15, 0.2) is 22.5 Å². The van der Waals surface area contributed by atoms with Crippen LogP contribution in [0.3, 0.4) is 0 Å². The van der Waals surface area contributed by atoms with Gasteiger partial charge in [-0.25, -0.2) is 0 Å². The van der Waals surface area contributed by atoms with Crippen molar-refractivity contribution >= 4 is 11.0 Å². The van der Waals surface area contributed by atoms with E-state index in [4.69, 9.17) is 23.4 Å². The smallest absolute Gasteiger partial charge is 0.200 e. The van der Waals surface area contributed by atoms with Gasteiger partial charge in [-0.15, -0.1) is 0 Å². The number of hydrogen-bond acceptors (Lipinski definition) is 15. The molecule has 0 unspecified atom stereocenters. The highest BCUT2D eigenvalue weighted by molar-refractivity contribution is 5.92. The first-order valence-corrected chi connectivity index (χ1v) is 12.7. The minimum atomic E-state index is -1.89. The van der Waals surface area contributed by atoms with Gasteiger partial charge in [-0.1, -0.05) is 0 Å². The van der Waals surface area contributed by atoms with Crippen LogP contribution in [0.25, 0.3) is 22.3 Å². The summed E-state index contributed by atoms with van der Waals surface area (Å²) in [5.74, 6) is -2.37. The maximum atomic E-state index is 13.5. The summed E-state index contributed by atoms with van der Waals surface area (Å²) in [6, 6.07) is 3.62. The first-order valence-electron chi connectivity index (χ1n) is 12.7. The molecule has 3 heterocycles. The number of phenols is 3. The molecule has 2 aromatic carbocycles. The van der Waals surface area contributed by atoms with Gasteiger partial charge in [0.05, 0.1) is 38.6 Å². The summed E-state index contributed by atoms with van der Waals surface area (Å²) in [6.45, 7) is -1.02. The lowest BCUT2D eigenvalue weighted by Gasteiger charge is -2.38.